The van der Waals surface area contributed by atoms with Crippen molar-refractivity contribution in [3.8, 4) is 11.5 Å². The van der Waals surface area contributed by atoms with Gasteiger partial charge in [-0.15, -0.1) is 5.10 Å². The molecule has 0 aliphatic carbocycles. The second-order valence-corrected chi connectivity index (χ2v) is 10.5. The highest BCUT2D eigenvalue weighted by atomic mass is 32.2. The Bertz CT molecular complexity index is 1450. The summed E-state index contributed by atoms with van der Waals surface area (Å²) < 4.78 is 12.2. The fraction of sp³-hybridized carbons (Fsp3) is 0.143. The second-order valence-electron chi connectivity index (χ2n) is 8.35. The van der Waals surface area contributed by atoms with Crippen LogP contribution in [-0.2, 0) is 17.2 Å². The van der Waals surface area contributed by atoms with Crippen LogP contribution in [0.5, 0.6) is 11.5 Å². The number of hydrogen-bond acceptors (Lipinski definition) is 7. The summed E-state index contributed by atoms with van der Waals surface area (Å²) in [6, 6.07) is 23.6. The predicted octanol–water partition coefficient (Wildman–Crippen LogP) is 6.09. The van der Waals surface area contributed by atoms with Crippen LogP contribution in [0.1, 0.15) is 22.3 Å². The lowest BCUT2D eigenvalue weighted by atomic mass is 10.1. The van der Waals surface area contributed by atoms with Crippen LogP contribution in [0.2, 0.25) is 0 Å². The highest BCUT2D eigenvalue weighted by Gasteiger charge is 2.35. The Morgan fingerprint density at radius 3 is 2.62 bits per heavy atom. The number of hydrazone groups is 1. The molecule has 2 aliphatic heterocycles. The first-order valence-electron chi connectivity index (χ1n) is 11.5. The van der Waals surface area contributed by atoms with E-state index in [9.17, 15) is 4.79 Å². The zero-order valence-electron chi connectivity index (χ0n) is 20.3. The molecule has 0 saturated carbocycles. The smallest absolute Gasteiger partial charge is 0.283 e. The third-order valence-electron chi connectivity index (χ3n) is 5.62. The van der Waals surface area contributed by atoms with Gasteiger partial charge in [0.1, 0.15) is 6.61 Å². The summed E-state index contributed by atoms with van der Waals surface area (Å²) in [4.78, 5) is 17.0. The molecular formula is C28H24N4O3S2. The number of fused-ring (bicyclic) bond motifs is 1. The van der Waals surface area contributed by atoms with Crippen LogP contribution >= 0.6 is 23.5 Å². The largest absolute Gasteiger partial charge is 0.493 e. The molecule has 0 unspecified atom stereocenters. The number of ether oxygens (including phenoxy) is 2. The summed E-state index contributed by atoms with van der Waals surface area (Å²) in [5.41, 5.74) is 4.27. The molecule has 2 aliphatic rings. The van der Waals surface area contributed by atoms with Crippen LogP contribution in [0.3, 0.4) is 0 Å². The Balaban J connectivity index is 1.30. The first kappa shape index (κ1) is 24.9. The standard InChI is InChI=1S/C28H24N4O3S2/c1-18-7-6-10-21(13-18)16-35-23-12-11-20(15-24(23)34-2)14-22-25(29)32-27(30-26(22)33)37-28(31-32)36-17-19-8-4-3-5-9-19/h3-15,29H,16-17H2,1-2H3/b22-14-,29-25?. The van der Waals surface area contributed by atoms with E-state index in [1.54, 1.807) is 37.1 Å². The molecule has 0 saturated heterocycles. The van der Waals surface area contributed by atoms with Gasteiger partial charge < -0.3 is 9.47 Å². The van der Waals surface area contributed by atoms with Crippen molar-refractivity contribution in [2.24, 2.45) is 10.1 Å². The molecule has 9 heteroatoms. The van der Waals surface area contributed by atoms with E-state index in [1.165, 1.54) is 27.9 Å². The van der Waals surface area contributed by atoms with Crippen LogP contribution in [-0.4, -0.2) is 33.4 Å². The Morgan fingerprint density at radius 1 is 1.03 bits per heavy atom. The monoisotopic (exact) mass is 528 g/mol. The minimum absolute atomic E-state index is 0.00319. The van der Waals surface area contributed by atoms with Crippen molar-refractivity contribution in [3.63, 3.8) is 0 Å². The number of amidine groups is 2. The molecular weight excluding hydrogens is 504 g/mol. The Labute approximate surface area is 223 Å². The number of carbonyl (C=O) groups excluding carboxylic acids is 1. The minimum atomic E-state index is -0.466. The number of nitrogens with zero attached hydrogens (tertiary/aromatic N) is 3. The number of aliphatic imine (C=N–C) groups is 1. The third-order valence-corrected chi connectivity index (χ3v) is 7.73. The van der Waals surface area contributed by atoms with E-state index in [4.69, 9.17) is 14.9 Å². The molecule has 0 radical (unpaired) electrons. The summed E-state index contributed by atoms with van der Waals surface area (Å²) in [6.07, 6.45) is 1.63. The molecule has 2 heterocycles. The van der Waals surface area contributed by atoms with Crippen molar-refractivity contribution in [1.82, 2.24) is 5.01 Å². The van der Waals surface area contributed by atoms with Gasteiger partial charge in [-0.1, -0.05) is 78.0 Å². The Hall–Kier alpha value is -3.82. The molecule has 1 amide bonds. The summed E-state index contributed by atoms with van der Waals surface area (Å²) in [5, 5.41) is 15.0. The van der Waals surface area contributed by atoms with Crippen molar-refractivity contribution in [3.05, 3.63) is 101 Å². The van der Waals surface area contributed by atoms with Crippen molar-refractivity contribution in [1.29, 1.82) is 5.41 Å². The van der Waals surface area contributed by atoms with Gasteiger partial charge in [0, 0.05) is 5.75 Å². The summed E-state index contributed by atoms with van der Waals surface area (Å²) in [7, 11) is 1.57. The molecule has 1 N–H and O–H groups in total. The molecule has 3 aromatic carbocycles. The Morgan fingerprint density at radius 2 is 1.84 bits per heavy atom. The molecule has 7 nitrogen and oxygen atoms in total. The van der Waals surface area contributed by atoms with Gasteiger partial charge in [0.05, 0.1) is 12.7 Å². The van der Waals surface area contributed by atoms with Crippen LogP contribution in [0.15, 0.2) is 88.5 Å². The minimum Gasteiger partial charge on any atom is -0.493 e. The fourth-order valence-electron chi connectivity index (χ4n) is 3.78. The maximum absolute atomic E-state index is 12.8. The van der Waals surface area contributed by atoms with Crippen molar-refractivity contribution in [2.75, 3.05) is 7.11 Å². The van der Waals surface area contributed by atoms with Gasteiger partial charge in [-0.25, -0.2) is 0 Å². The van der Waals surface area contributed by atoms with E-state index in [0.29, 0.717) is 28.8 Å². The highest BCUT2D eigenvalue weighted by molar-refractivity contribution is 8.45. The van der Waals surface area contributed by atoms with Gasteiger partial charge >= 0.3 is 0 Å². The lowest BCUT2D eigenvalue weighted by molar-refractivity contribution is -0.114. The van der Waals surface area contributed by atoms with E-state index in [1.807, 2.05) is 49.4 Å². The molecule has 0 atom stereocenters. The molecule has 0 bridgehead atoms. The van der Waals surface area contributed by atoms with Gasteiger partial charge in [0.15, 0.2) is 21.7 Å². The van der Waals surface area contributed by atoms with E-state index in [2.05, 4.69) is 28.3 Å². The van der Waals surface area contributed by atoms with Gasteiger partial charge in [-0.3, -0.25) is 10.2 Å². The van der Waals surface area contributed by atoms with Crippen LogP contribution in [0.25, 0.3) is 6.08 Å². The zero-order chi connectivity index (χ0) is 25.8. The fourth-order valence-corrected chi connectivity index (χ4v) is 5.66. The number of benzene rings is 3. The molecule has 37 heavy (non-hydrogen) atoms. The molecule has 0 aromatic heterocycles. The third kappa shape index (κ3) is 5.79. The average molecular weight is 529 g/mol. The maximum Gasteiger partial charge on any atom is 0.283 e. The lowest BCUT2D eigenvalue weighted by Gasteiger charge is -2.20. The van der Waals surface area contributed by atoms with Crippen LogP contribution in [0.4, 0.5) is 0 Å². The first-order valence-corrected chi connectivity index (χ1v) is 13.3. The number of carbonyl (C=O) groups is 1. The summed E-state index contributed by atoms with van der Waals surface area (Å²) in [6.45, 7) is 2.45. The predicted molar refractivity (Wildman–Crippen MR) is 151 cm³/mol. The van der Waals surface area contributed by atoms with Gasteiger partial charge in [-0.2, -0.15) is 10.0 Å². The van der Waals surface area contributed by atoms with E-state index >= 15 is 0 Å². The van der Waals surface area contributed by atoms with Crippen LogP contribution in [0, 0.1) is 12.3 Å². The first-order chi connectivity index (χ1) is 18.0. The van der Waals surface area contributed by atoms with E-state index < -0.39 is 5.91 Å². The number of methoxy groups -OCH3 is 1. The number of aryl methyl sites for hydroxylation is 1. The number of hydrogen-bond donors (Lipinski definition) is 1. The normalized spacial score (nSPS) is 15.9. The second kappa shape index (κ2) is 11.1. The molecule has 3 aromatic rings. The molecule has 5 rings (SSSR count). The molecule has 186 valence electrons. The van der Waals surface area contributed by atoms with E-state index in [0.717, 1.165) is 15.7 Å². The summed E-state index contributed by atoms with van der Waals surface area (Å²) in [5.74, 6) is 1.41. The van der Waals surface area contributed by atoms with Gasteiger partial charge in [0.25, 0.3) is 5.91 Å². The number of nitrogens with one attached hydrogen (secondary N) is 1. The lowest BCUT2D eigenvalue weighted by Crippen LogP contribution is -2.35. The quantitative estimate of drug-likeness (QED) is 0.373. The van der Waals surface area contributed by atoms with Crippen LogP contribution < -0.4 is 9.47 Å². The SMILES string of the molecule is COc1cc(/C=C2/C(=N)N3N=C(SCc4ccccc4)SC3=NC2=O)ccc1OCc1cccc(C)c1. The van der Waals surface area contributed by atoms with Gasteiger partial charge in [0.2, 0.25) is 5.17 Å². The summed E-state index contributed by atoms with van der Waals surface area (Å²) >= 11 is 2.86. The highest BCUT2D eigenvalue weighted by Crippen LogP contribution is 2.35. The molecule has 0 fully saturated rings. The molecule has 0 spiro atoms. The average Bonchev–Trinajstić information content (AvgIpc) is 3.32. The van der Waals surface area contributed by atoms with Crippen molar-refractivity contribution in [2.45, 2.75) is 19.3 Å². The number of thioether (sulfide) groups is 2. The van der Waals surface area contributed by atoms with E-state index in [-0.39, 0.29) is 11.4 Å². The topological polar surface area (TPSA) is 87.3 Å². The Kier molecular flexibility index (Phi) is 7.43. The zero-order valence-corrected chi connectivity index (χ0v) is 21.9. The van der Waals surface area contributed by atoms with Gasteiger partial charge in [-0.05, 0) is 53.6 Å². The number of rotatable bonds is 7. The van der Waals surface area contributed by atoms with Crippen molar-refractivity contribution < 1.29 is 14.3 Å². The van der Waals surface area contributed by atoms with Crippen molar-refractivity contribution >= 4 is 50.9 Å². The maximum atomic E-state index is 12.8. The number of amides is 1.